The van der Waals surface area contributed by atoms with Gasteiger partial charge in [-0.3, -0.25) is 9.69 Å². The SMILES string of the molecule is NCCOCCCCCCCc1cc(-c2ccc(Cl)cc2)oc1C=C1SC(=S)N(C2C3CC4CC(C3)CC2C4)C1=O. The molecular weight excluding hydrogens is 572 g/mol. The Morgan fingerprint density at radius 2 is 1.68 bits per heavy atom. The molecule has 2 aromatic rings. The molecule has 1 saturated heterocycles. The Kier molecular flexibility index (Phi) is 9.57. The van der Waals surface area contributed by atoms with Gasteiger partial charge in [0, 0.05) is 35.9 Å². The highest BCUT2D eigenvalue weighted by atomic mass is 35.5. The van der Waals surface area contributed by atoms with E-state index in [-0.39, 0.29) is 11.9 Å². The van der Waals surface area contributed by atoms with E-state index >= 15 is 0 Å². The van der Waals surface area contributed by atoms with E-state index in [9.17, 15) is 4.79 Å². The van der Waals surface area contributed by atoms with Crippen LogP contribution in [-0.4, -0.2) is 40.9 Å². The maximum Gasteiger partial charge on any atom is 0.266 e. The van der Waals surface area contributed by atoms with Crippen molar-refractivity contribution in [1.82, 2.24) is 4.90 Å². The lowest BCUT2D eigenvalue weighted by Gasteiger charge is -2.56. The van der Waals surface area contributed by atoms with Crippen LogP contribution >= 0.6 is 35.6 Å². The van der Waals surface area contributed by atoms with Gasteiger partial charge in [-0.1, -0.05) is 54.8 Å². The molecule has 1 amide bonds. The lowest BCUT2D eigenvalue weighted by Crippen LogP contribution is -2.57. The molecule has 41 heavy (non-hydrogen) atoms. The van der Waals surface area contributed by atoms with Gasteiger partial charge in [-0.25, -0.2) is 0 Å². The third-order valence-electron chi connectivity index (χ3n) is 9.53. The summed E-state index contributed by atoms with van der Waals surface area (Å²) in [5, 5.41) is 0.697. The summed E-state index contributed by atoms with van der Waals surface area (Å²) >= 11 is 13.4. The zero-order chi connectivity index (χ0) is 28.3. The molecule has 8 heteroatoms. The van der Waals surface area contributed by atoms with Gasteiger partial charge in [-0.2, -0.15) is 0 Å². The lowest BCUT2D eigenvalue weighted by molar-refractivity contribution is -0.130. The Hall–Kier alpha value is -1.64. The minimum Gasteiger partial charge on any atom is -0.456 e. The minimum atomic E-state index is 0.0738. The number of aryl methyl sites for hydroxylation is 1. The number of halogens is 1. The van der Waals surface area contributed by atoms with Gasteiger partial charge in [0.05, 0.1) is 11.5 Å². The second-order valence-electron chi connectivity index (χ2n) is 12.4. The number of rotatable bonds is 13. The molecule has 0 atom stereocenters. The van der Waals surface area contributed by atoms with Crippen LogP contribution in [0.1, 0.15) is 75.5 Å². The first-order chi connectivity index (χ1) is 20.0. The fraction of sp³-hybridized carbons (Fsp3) is 0.576. The molecule has 5 aliphatic rings. The normalized spacial score (nSPS) is 28.0. The molecule has 2 heterocycles. The Balaban J connectivity index is 1.16. The van der Waals surface area contributed by atoms with Crippen LogP contribution in [-0.2, 0) is 16.0 Å². The fourth-order valence-electron chi connectivity index (χ4n) is 7.93. The molecule has 5 nitrogen and oxygen atoms in total. The van der Waals surface area contributed by atoms with E-state index in [1.807, 2.05) is 35.2 Å². The number of thioether (sulfide) groups is 1. The summed E-state index contributed by atoms with van der Waals surface area (Å²) in [5.41, 5.74) is 7.60. The second kappa shape index (κ2) is 13.3. The average Bonchev–Trinajstić information content (AvgIpc) is 3.47. The fourth-order valence-corrected chi connectivity index (χ4v) is 9.37. The molecule has 0 unspecified atom stereocenters. The van der Waals surface area contributed by atoms with Crippen LogP contribution < -0.4 is 5.73 Å². The van der Waals surface area contributed by atoms with Crippen molar-refractivity contribution in [3.05, 3.63) is 51.6 Å². The van der Waals surface area contributed by atoms with Crippen molar-refractivity contribution >= 4 is 51.9 Å². The Bertz CT molecular complexity index is 1250. The molecular formula is C33H41ClN2O3S2. The topological polar surface area (TPSA) is 68.7 Å². The minimum absolute atomic E-state index is 0.0738. The number of furan rings is 1. The molecule has 2 N–H and O–H groups in total. The summed E-state index contributed by atoms with van der Waals surface area (Å²) in [6, 6.07) is 10.1. The number of amides is 1. The predicted octanol–water partition coefficient (Wildman–Crippen LogP) is 8.09. The van der Waals surface area contributed by atoms with Crippen molar-refractivity contribution in [2.24, 2.45) is 29.4 Å². The lowest BCUT2D eigenvalue weighted by atomic mass is 9.54. The van der Waals surface area contributed by atoms with Crippen LogP contribution in [0.5, 0.6) is 0 Å². The predicted molar refractivity (Wildman–Crippen MR) is 172 cm³/mol. The molecule has 1 aromatic carbocycles. The number of carbonyl (C=O) groups is 1. The van der Waals surface area contributed by atoms with Crippen molar-refractivity contribution in [2.75, 3.05) is 19.8 Å². The van der Waals surface area contributed by atoms with Crippen molar-refractivity contribution in [1.29, 1.82) is 0 Å². The molecule has 4 bridgehead atoms. The van der Waals surface area contributed by atoms with Crippen LogP contribution in [0.3, 0.4) is 0 Å². The van der Waals surface area contributed by atoms with E-state index in [1.165, 1.54) is 50.3 Å². The van der Waals surface area contributed by atoms with E-state index in [0.717, 1.165) is 77.5 Å². The Morgan fingerprint density at radius 3 is 2.39 bits per heavy atom. The van der Waals surface area contributed by atoms with Crippen molar-refractivity contribution in [3.8, 4) is 11.3 Å². The largest absolute Gasteiger partial charge is 0.456 e. The van der Waals surface area contributed by atoms with Gasteiger partial charge < -0.3 is 14.9 Å². The van der Waals surface area contributed by atoms with Gasteiger partial charge in [-0.05, 0) is 111 Å². The number of nitrogens with two attached hydrogens (primary N) is 1. The third-order valence-corrected chi connectivity index (χ3v) is 11.1. The van der Waals surface area contributed by atoms with E-state index in [4.69, 9.17) is 38.7 Å². The van der Waals surface area contributed by atoms with Crippen LogP contribution in [0, 0.1) is 23.7 Å². The highest BCUT2D eigenvalue weighted by molar-refractivity contribution is 8.26. The quantitative estimate of drug-likeness (QED) is 0.140. The molecule has 0 radical (unpaired) electrons. The number of hydrogen-bond donors (Lipinski definition) is 1. The van der Waals surface area contributed by atoms with Crippen LogP contribution in [0.2, 0.25) is 5.02 Å². The number of thiocarbonyl (C=S) groups is 1. The Labute approximate surface area is 258 Å². The van der Waals surface area contributed by atoms with E-state index in [0.29, 0.717) is 34.9 Å². The first kappa shape index (κ1) is 29.4. The van der Waals surface area contributed by atoms with Gasteiger partial charge in [0.1, 0.15) is 15.8 Å². The summed E-state index contributed by atoms with van der Waals surface area (Å²) in [5.74, 6) is 4.59. The number of unbranched alkanes of at least 4 members (excludes halogenated alkanes) is 4. The van der Waals surface area contributed by atoms with E-state index in [2.05, 4.69) is 6.07 Å². The van der Waals surface area contributed by atoms with Crippen molar-refractivity contribution in [3.63, 3.8) is 0 Å². The number of benzene rings is 1. The Morgan fingerprint density at radius 1 is 1.00 bits per heavy atom. The smallest absolute Gasteiger partial charge is 0.266 e. The first-order valence-corrected chi connectivity index (χ1v) is 17.0. The van der Waals surface area contributed by atoms with Gasteiger partial charge in [0.25, 0.3) is 5.91 Å². The molecule has 4 saturated carbocycles. The first-order valence-electron chi connectivity index (χ1n) is 15.4. The molecule has 0 spiro atoms. The second-order valence-corrected chi connectivity index (χ2v) is 14.5. The summed E-state index contributed by atoms with van der Waals surface area (Å²) in [4.78, 5) is 16.6. The molecule has 1 aromatic heterocycles. The average molecular weight is 613 g/mol. The molecule has 7 rings (SSSR count). The summed E-state index contributed by atoms with van der Waals surface area (Å²) < 4.78 is 12.6. The van der Waals surface area contributed by atoms with Crippen molar-refractivity contribution < 1.29 is 13.9 Å². The maximum atomic E-state index is 13.9. The molecule has 1 aliphatic heterocycles. The van der Waals surface area contributed by atoms with Gasteiger partial charge in [0.15, 0.2) is 0 Å². The zero-order valence-electron chi connectivity index (χ0n) is 23.7. The summed E-state index contributed by atoms with van der Waals surface area (Å²) in [6.07, 6.45) is 14.9. The monoisotopic (exact) mass is 612 g/mol. The standard InChI is InChI=1S/C33H41ClN2O3S2/c34-27-9-7-23(8-10-27)28-19-24(6-4-2-1-3-5-12-38-13-11-35)29(39-28)20-30-32(37)36(33(40)41-30)31-25-15-21-14-22(17-25)18-26(31)16-21/h7-10,19-22,25-26,31H,1-6,11-18,35H2. The molecule has 220 valence electrons. The summed E-state index contributed by atoms with van der Waals surface area (Å²) in [6.45, 7) is 2.01. The van der Waals surface area contributed by atoms with Gasteiger partial charge >= 0.3 is 0 Å². The zero-order valence-corrected chi connectivity index (χ0v) is 26.1. The van der Waals surface area contributed by atoms with Crippen LogP contribution in [0.15, 0.2) is 39.7 Å². The van der Waals surface area contributed by atoms with E-state index < -0.39 is 0 Å². The number of nitrogens with zero attached hydrogens (tertiary/aromatic N) is 1. The molecule has 4 aliphatic carbocycles. The van der Waals surface area contributed by atoms with E-state index in [1.54, 1.807) is 0 Å². The van der Waals surface area contributed by atoms with Gasteiger partial charge in [-0.15, -0.1) is 0 Å². The highest BCUT2D eigenvalue weighted by Crippen LogP contribution is 2.56. The maximum absolute atomic E-state index is 13.9. The van der Waals surface area contributed by atoms with Crippen LogP contribution in [0.25, 0.3) is 17.4 Å². The number of hydrogen-bond acceptors (Lipinski definition) is 6. The third kappa shape index (κ3) is 6.65. The highest BCUT2D eigenvalue weighted by Gasteiger charge is 2.53. The number of ether oxygens (including phenoxy) is 1. The summed E-state index contributed by atoms with van der Waals surface area (Å²) in [7, 11) is 0. The number of carbonyl (C=O) groups excluding carboxylic acids is 1. The molecule has 5 fully saturated rings. The van der Waals surface area contributed by atoms with Crippen molar-refractivity contribution in [2.45, 2.75) is 76.7 Å². The van der Waals surface area contributed by atoms with Gasteiger partial charge in [0.2, 0.25) is 0 Å². The van der Waals surface area contributed by atoms with Crippen LogP contribution in [0.4, 0.5) is 0 Å².